The fourth-order valence-electron chi connectivity index (χ4n) is 9.43. The lowest BCUT2D eigenvalue weighted by atomic mass is 9.44. The van der Waals surface area contributed by atoms with Crippen LogP contribution in [0.15, 0.2) is 30.1 Å². The highest BCUT2D eigenvalue weighted by molar-refractivity contribution is 8.13. The molecule has 8 nitrogen and oxygen atoms in total. The summed E-state index contributed by atoms with van der Waals surface area (Å²) in [5, 5.41) is 15.8. The molecular weight excluding hydrogens is 595 g/mol. The predicted octanol–water partition coefficient (Wildman–Crippen LogP) is 5.16. The van der Waals surface area contributed by atoms with E-state index in [4.69, 9.17) is 9.47 Å². The van der Waals surface area contributed by atoms with E-state index in [1.165, 1.54) is 12.3 Å². The predicted molar refractivity (Wildman–Crippen MR) is 155 cm³/mol. The minimum Gasteiger partial charge on any atom is -0.449 e. The monoisotopic (exact) mass is 631 g/mol. The van der Waals surface area contributed by atoms with Gasteiger partial charge in [-0.2, -0.15) is 9.49 Å². The Balaban J connectivity index is 1.25. The number of halogens is 3. The van der Waals surface area contributed by atoms with Crippen molar-refractivity contribution in [1.29, 1.82) is 0 Å². The van der Waals surface area contributed by atoms with Crippen molar-refractivity contribution in [3.8, 4) is 5.69 Å². The second-order valence-corrected chi connectivity index (χ2v) is 14.4. The van der Waals surface area contributed by atoms with Crippen molar-refractivity contribution >= 4 is 28.9 Å². The summed E-state index contributed by atoms with van der Waals surface area (Å²) in [6.45, 7) is 4.29. The number of aliphatic hydroxyl groups is 1. The molecule has 1 aliphatic heterocycles. The van der Waals surface area contributed by atoms with Gasteiger partial charge in [0, 0.05) is 23.4 Å². The Morgan fingerprint density at radius 3 is 2.73 bits per heavy atom. The van der Waals surface area contributed by atoms with Crippen molar-refractivity contribution in [3.05, 3.63) is 47.3 Å². The van der Waals surface area contributed by atoms with E-state index in [-0.39, 0.29) is 25.4 Å². The molecule has 0 bridgehead atoms. The third-order valence-corrected chi connectivity index (χ3v) is 12.4. The summed E-state index contributed by atoms with van der Waals surface area (Å²) in [5.41, 5.74) is -2.81. The topological polar surface area (TPSA) is 104 Å². The lowest BCUT2D eigenvalue weighted by Gasteiger charge is -2.63. The first kappa shape index (κ1) is 30.0. The van der Waals surface area contributed by atoms with Crippen molar-refractivity contribution < 1.29 is 37.3 Å². The molecule has 236 valence electrons. The standard InChI is InChI=1S/C32H36F3N3O5S/c1-29-12-19-14-37-38(21-4-6-26(34)36-15-21)24(19)11-20(29)3-5-23-22-7-9-31(28(41)44-17-33,43-27(40)18-8-10-42-16-18)30(22,2)13-25(39)32(23,29)35/h4,6,11,14-15,18,22-23,25,39H,3,5,7-10,12-13,16-17H2,1-2H3/t18?,22-,23-,25-,29?,30-,31-,32-/m0/s1. The third-order valence-electron chi connectivity index (χ3n) is 11.7. The van der Waals surface area contributed by atoms with Gasteiger partial charge in [-0.05, 0) is 86.4 Å². The molecule has 0 spiro atoms. The molecule has 12 heteroatoms. The smallest absolute Gasteiger partial charge is 0.312 e. The number of thioether (sulfide) groups is 1. The molecule has 4 fully saturated rings. The molecule has 2 aromatic heterocycles. The quantitative estimate of drug-likeness (QED) is 0.357. The van der Waals surface area contributed by atoms with Gasteiger partial charge in [0.2, 0.25) is 11.1 Å². The largest absolute Gasteiger partial charge is 0.449 e. The van der Waals surface area contributed by atoms with Gasteiger partial charge in [0.05, 0.1) is 42.4 Å². The second-order valence-electron chi connectivity index (χ2n) is 13.5. The maximum absolute atomic E-state index is 18.1. The van der Waals surface area contributed by atoms with Crippen molar-refractivity contribution in [2.45, 2.75) is 76.2 Å². The van der Waals surface area contributed by atoms with Gasteiger partial charge in [0.25, 0.3) is 0 Å². The molecule has 2 aromatic rings. The highest BCUT2D eigenvalue weighted by Crippen LogP contribution is 2.71. The molecular formula is C32H36F3N3O5S. The van der Waals surface area contributed by atoms with Gasteiger partial charge in [-0.25, -0.2) is 18.4 Å². The van der Waals surface area contributed by atoms with Crippen LogP contribution in [0.5, 0.6) is 0 Å². The van der Waals surface area contributed by atoms with Gasteiger partial charge in [0.15, 0.2) is 5.60 Å². The fourth-order valence-corrected chi connectivity index (χ4v) is 10.1. The molecule has 8 atom stereocenters. The normalized spacial score (nSPS) is 39.1. The Morgan fingerprint density at radius 1 is 1.20 bits per heavy atom. The minimum absolute atomic E-state index is 0.103. The van der Waals surface area contributed by atoms with Crippen LogP contribution in [-0.2, 0) is 25.5 Å². The molecule has 3 saturated carbocycles. The summed E-state index contributed by atoms with van der Waals surface area (Å²) in [5.74, 6) is -2.66. The lowest BCUT2D eigenvalue weighted by Crippen LogP contribution is -2.70. The first-order valence-electron chi connectivity index (χ1n) is 15.3. The van der Waals surface area contributed by atoms with Crippen LogP contribution in [0.4, 0.5) is 13.2 Å². The zero-order valence-corrected chi connectivity index (χ0v) is 25.5. The number of ether oxygens (including phenoxy) is 2. The number of aliphatic hydroxyl groups excluding tert-OH is 1. The van der Waals surface area contributed by atoms with Gasteiger partial charge >= 0.3 is 5.97 Å². The van der Waals surface area contributed by atoms with Gasteiger partial charge in [-0.15, -0.1) is 0 Å². The zero-order valence-electron chi connectivity index (χ0n) is 24.7. The SMILES string of the molecule is CC12Cc3cnn(-c4ccc(F)nc4)c3C=C1CC[C@H]1[C@@H]3CC[C@](OC(=O)C4CCOC4)(C(=O)SCF)[C@@]3(C)C[C@H](O)[C@@]12F. The average molecular weight is 632 g/mol. The minimum atomic E-state index is -2.03. The van der Waals surface area contributed by atoms with Crippen LogP contribution in [0.1, 0.15) is 63.6 Å². The number of carbonyl (C=O) groups excluding carboxylic acids is 2. The number of carbonyl (C=O) groups is 2. The number of nitrogens with zero attached hydrogens (tertiary/aromatic N) is 3. The number of esters is 1. The van der Waals surface area contributed by atoms with Crippen molar-refractivity contribution in [3.63, 3.8) is 0 Å². The maximum Gasteiger partial charge on any atom is 0.312 e. The molecule has 0 amide bonds. The Bertz CT molecular complexity index is 1530. The fraction of sp³-hybridized carbons (Fsp3) is 0.625. The molecule has 2 unspecified atom stereocenters. The molecule has 44 heavy (non-hydrogen) atoms. The van der Waals surface area contributed by atoms with Gasteiger partial charge < -0.3 is 14.6 Å². The first-order valence-corrected chi connectivity index (χ1v) is 16.3. The van der Waals surface area contributed by atoms with Crippen molar-refractivity contribution in [1.82, 2.24) is 14.8 Å². The Morgan fingerprint density at radius 2 is 2.02 bits per heavy atom. The summed E-state index contributed by atoms with van der Waals surface area (Å²) in [6, 6.07) is 1.88. The number of allylic oxidation sites excluding steroid dienone is 1. The highest BCUT2D eigenvalue weighted by atomic mass is 32.2. The molecule has 5 aliphatic rings. The molecule has 1 N–H and O–H groups in total. The van der Waals surface area contributed by atoms with Crippen LogP contribution >= 0.6 is 11.8 Å². The average Bonchev–Trinajstić information content (AvgIpc) is 3.73. The molecule has 7 rings (SSSR count). The van der Waals surface area contributed by atoms with Gasteiger partial charge in [-0.1, -0.05) is 19.4 Å². The summed E-state index contributed by atoms with van der Waals surface area (Å²) < 4.78 is 58.3. The van der Waals surface area contributed by atoms with E-state index in [0.717, 1.165) is 16.8 Å². The van der Waals surface area contributed by atoms with E-state index in [0.29, 0.717) is 56.2 Å². The number of fused-ring (bicyclic) bond motifs is 6. The van der Waals surface area contributed by atoms with Gasteiger partial charge in [-0.3, -0.25) is 9.59 Å². The Kier molecular flexibility index (Phi) is 7.10. The van der Waals surface area contributed by atoms with E-state index in [2.05, 4.69) is 10.1 Å². The number of aromatic nitrogens is 3. The number of hydrogen-bond donors (Lipinski definition) is 1. The lowest BCUT2D eigenvalue weighted by molar-refractivity contribution is -0.229. The molecule has 3 heterocycles. The second kappa shape index (κ2) is 10.4. The molecule has 0 aromatic carbocycles. The van der Waals surface area contributed by atoms with Crippen LogP contribution in [0.25, 0.3) is 11.8 Å². The van der Waals surface area contributed by atoms with Gasteiger partial charge in [0.1, 0.15) is 11.7 Å². The van der Waals surface area contributed by atoms with Crippen molar-refractivity contribution in [2.24, 2.45) is 28.6 Å². The van der Waals surface area contributed by atoms with E-state index >= 15 is 4.39 Å². The van der Waals surface area contributed by atoms with E-state index < -0.39 is 63.1 Å². The number of alkyl halides is 2. The number of rotatable bonds is 5. The number of pyridine rings is 1. The summed E-state index contributed by atoms with van der Waals surface area (Å²) in [4.78, 5) is 30.7. The Labute approximate surface area is 257 Å². The maximum atomic E-state index is 18.1. The molecule has 1 saturated heterocycles. The van der Waals surface area contributed by atoms with Crippen LogP contribution in [0.2, 0.25) is 0 Å². The molecule has 4 aliphatic carbocycles. The zero-order chi connectivity index (χ0) is 31.1. The van der Waals surface area contributed by atoms with Crippen LogP contribution in [0.3, 0.4) is 0 Å². The van der Waals surface area contributed by atoms with Crippen molar-refractivity contribution in [2.75, 3.05) is 19.2 Å². The highest BCUT2D eigenvalue weighted by Gasteiger charge is 2.76. The Hall–Kier alpha value is -2.70. The summed E-state index contributed by atoms with van der Waals surface area (Å²) in [6.07, 6.45) is 5.81. The summed E-state index contributed by atoms with van der Waals surface area (Å²) in [7, 11) is 0. The first-order chi connectivity index (χ1) is 21.0. The number of hydrogen-bond acceptors (Lipinski definition) is 8. The van der Waals surface area contributed by atoms with E-state index in [9.17, 15) is 23.5 Å². The summed E-state index contributed by atoms with van der Waals surface area (Å²) >= 11 is 0.474. The third kappa shape index (κ3) is 3.98. The van der Waals surface area contributed by atoms with Crippen LogP contribution < -0.4 is 0 Å². The van der Waals surface area contributed by atoms with E-state index in [1.807, 2.05) is 19.9 Å². The molecule has 0 radical (unpaired) electrons. The van der Waals surface area contributed by atoms with E-state index in [1.54, 1.807) is 16.9 Å². The van der Waals surface area contributed by atoms with Crippen LogP contribution in [0, 0.1) is 34.5 Å². The van der Waals surface area contributed by atoms with Crippen LogP contribution in [-0.4, -0.2) is 67.5 Å².